The maximum atomic E-state index is 6.78. The lowest BCUT2D eigenvalue weighted by Crippen LogP contribution is -2.33. The van der Waals surface area contributed by atoms with Crippen LogP contribution < -0.4 is 5.32 Å². The van der Waals surface area contributed by atoms with Crippen molar-refractivity contribution < 1.29 is 8.83 Å². The third kappa shape index (κ3) is 5.04. The van der Waals surface area contributed by atoms with Crippen molar-refractivity contribution in [1.82, 2.24) is 9.88 Å². The number of aliphatic imine (C=N–C) groups is 2. The van der Waals surface area contributed by atoms with Crippen LogP contribution in [0.5, 0.6) is 0 Å². The maximum absolute atomic E-state index is 6.78. The second-order valence-electron chi connectivity index (χ2n) is 14.6. The minimum Gasteiger partial charge on any atom is -0.456 e. The predicted octanol–water partition coefficient (Wildman–Crippen LogP) is 12.7. The summed E-state index contributed by atoms with van der Waals surface area (Å²) in [6.45, 7) is 0. The lowest BCUT2D eigenvalue weighted by molar-refractivity contribution is 0.666. The summed E-state index contributed by atoms with van der Waals surface area (Å²) in [6, 6.07) is 63.2. The van der Waals surface area contributed by atoms with Crippen molar-refractivity contribution in [3.05, 3.63) is 199 Å². The third-order valence-corrected chi connectivity index (χ3v) is 11.3. The van der Waals surface area contributed by atoms with Crippen LogP contribution in [0.25, 0.3) is 82.5 Å². The Morgan fingerprint density at radius 3 is 1.79 bits per heavy atom. The van der Waals surface area contributed by atoms with Gasteiger partial charge in [0.1, 0.15) is 28.8 Å². The predicted molar refractivity (Wildman–Crippen MR) is 233 cm³/mol. The summed E-state index contributed by atoms with van der Waals surface area (Å²) in [4.78, 5) is 10.0. The van der Waals surface area contributed by atoms with Crippen LogP contribution in [0.4, 0.5) is 0 Å². The van der Waals surface area contributed by atoms with Gasteiger partial charge in [-0.15, -0.1) is 0 Å². The van der Waals surface area contributed by atoms with Crippen LogP contribution >= 0.6 is 0 Å². The van der Waals surface area contributed by atoms with Crippen LogP contribution in [-0.4, -0.2) is 16.2 Å². The van der Waals surface area contributed by atoms with E-state index in [1.54, 1.807) is 0 Å². The van der Waals surface area contributed by atoms with E-state index in [0.29, 0.717) is 5.84 Å². The van der Waals surface area contributed by atoms with Crippen LogP contribution in [0.2, 0.25) is 0 Å². The van der Waals surface area contributed by atoms with Crippen molar-refractivity contribution in [2.75, 3.05) is 0 Å². The number of rotatable bonds is 5. The van der Waals surface area contributed by atoms with Gasteiger partial charge in [-0.2, -0.15) is 0 Å². The molecule has 1 atom stereocenters. The monoisotopic (exact) mass is 732 g/mol. The van der Waals surface area contributed by atoms with Gasteiger partial charge in [-0.05, 0) is 77.4 Å². The maximum Gasteiger partial charge on any atom is 0.159 e. The Morgan fingerprint density at radius 1 is 0.439 bits per heavy atom. The van der Waals surface area contributed by atoms with Crippen molar-refractivity contribution in [2.45, 2.75) is 6.17 Å². The van der Waals surface area contributed by atoms with Gasteiger partial charge in [0.2, 0.25) is 0 Å². The smallest absolute Gasteiger partial charge is 0.159 e. The van der Waals surface area contributed by atoms with Crippen molar-refractivity contribution in [2.24, 2.45) is 9.98 Å². The van der Waals surface area contributed by atoms with Crippen LogP contribution in [0.15, 0.2) is 201 Å². The number of furan rings is 2. The number of hydrogen-bond acceptors (Lipinski definition) is 5. The standard InChI is InChI=1S/C51H32N4O2/c1-3-12-31(13-4-1)49-52-50(32-14-5-2-6-15-32)54-51(53-49)35-24-27-45-41(28-35)39-26-23-33(29-46(39)56-45)34-22-25-38-40-18-11-21-44(48(40)57-47(38)30-34)55-42-19-9-7-16-36(42)37-17-8-10-20-43(37)55/h1-30,49H,(H,52,53,54). The highest BCUT2D eigenvalue weighted by Gasteiger charge is 2.22. The molecule has 0 aliphatic carbocycles. The molecule has 1 N–H and O–H groups in total. The molecule has 0 saturated heterocycles. The molecule has 4 heterocycles. The Bertz CT molecular complexity index is 3390. The van der Waals surface area contributed by atoms with Gasteiger partial charge in [-0.3, -0.25) is 0 Å². The van der Waals surface area contributed by atoms with Gasteiger partial charge in [-0.1, -0.05) is 121 Å². The Labute approximate surface area is 326 Å². The number of fused-ring (bicyclic) bond motifs is 9. The number of aromatic nitrogens is 1. The van der Waals surface area contributed by atoms with E-state index in [9.17, 15) is 0 Å². The summed E-state index contributed by atoms with van der Waals surface area (Å²) in [5.41, 5.74) is 11.8. The molecule has 0 amide bonds. The van der Waals surface area contributed by atoms with Crippen molar-refractivity contribution in [3.63, 3.8) is 0 Å². The molecule has 57 heavy (non-hydrogen) atoms. The number of para-hydroxylation sites is 3. The number of hydrogen-bond donors (Lipinski definition) is 1. The SMILES string of the molecule is c1ccc(C2=NC(c3ccccc3)NC(c3ccc4oc5cc(-c6ccc7c(c6)oc6c(-n8c9ccccc9c9ccccc98)cccc67)ccc5c4c3)=N2)cc1. The number of nitrogens with zero attached hydrogens (tertiary/aromatic N) is 3. The highest BCUT2D eigenvalue weighted by Crippen LogP contribution is 2.40. The Morgan fingerprint density at radius 2 is 1.05 bits per heavy atom. The van der Waals surface area contributed by atoms with Gasteiger partial charge in [-0.25, -0.2) is 9.98 Å². The zero-order valence-corrected chi connectivity index (χ0v) is 30.6. The molecule has 1 aliphatic rings. The van der Waals surface area contributed by atoms with E-state index in [2.05, 4.69) is 137 Å². The second-order valence-corrected chi connectivity index (χ2v) is 14.6. The average molecular weight is 733 g/mol. The first kappa shape index (κ1) is 31.6. The quantitative estimate of drug-likeness (QED) is 0.192. The normalized spacial score (nSPS) is 14.5. The number of amidine groups is 2. The minimum absolute atomic E-state index is 0.266. The molecule has 268 valence electrons. The van der Waals surface area contributed by atoms with Crippen LogP contribution in [0.1, 0.15) is 22.9 Å². The fraction of sp³-hybridized carbons (Fsp3) is 0.0196. The van der Waals surface area contributed by atoms with Gasteiger partial charge in [0.25, 0.3) is 0 Å². The molecule has 0 radical (unpaired) electrons. The van der Waals surface area contributed by atoms with Gasteiger partial charge >= 0.3 is 0 Å². The zero-order chi connectivity index (χ0) is 37.5. The highest BCUT2D eigenvalue weighted by atomic mass is 16.3. The Hall–Kier alpha value is -7.70. The minimum atomic E-state index is -0.266. The summed E-state index contributed by atoms with van der Waals surface area (Å²) in [6.07, 6.45) is -0.266. The molecule has 1 unspecified atom stereocenters. The van der Waals surface area contributed by atoms with E-state index in [1.165, 1.54) is 10.8 Å². The van der Waals surface area contributed by atoms with E-state index in [1.807, 2.05) is 54.6 Å². The van der Waals surface area contributed by atoms with E-state index in [-0.39, 0.29) is 6.17 Å². The summed E-state index contributed by atoms with van der Waals surface area (Å²) in [5.74, 6) is 1.47. The molecule has 12 rings (SSSR count). The van der Waals surface area contributed by atoms with Gasteiger partial charge in [0.15, 0.2) is 11.4 Å². The summed E-state index contributed by atoms with van der Waals surface area (Å²) < 4.78 is 15.6. The first-order chi connectivity index (χ1) is 28.2. The fourth-order valence-corrected chi connectivity index (χ4v) is 8.54. The molecule has 3 aromatic heterocycles. The average Bonchev–Trinajstić information content (AvgIpc) is 3.95. The first-order valence-electron chi connectivity index (χ1n) is 19.2. The fourth-order valence-electron chi connectivity index (χ4n) is 8.54. The zero-order valence-electron chi connectivity index (χ0n) is 30.6. The molecule has 11 aromatic rings. The lowest BCUT2D eigenvalue weighted by Gasteiger charge is -2.23. The molecule has 6 heteroatoms. The number of benzene rings is 8. The third-order valence-electron chi connectivity index (χ3n) is 11.3. The Kier molecular flexibility index (Phi) is 6.89. The Balaban J connectivity index is 0.926. The highest BCUT2D eigenvalue weighted by molar-refractivity contribution is 6.16. The first-order valence-corrected chi connectivity index (χ1v) is 19.2. The van der Waals surface area contributed by atoms with Crippen molar-refractivity contribution in [3.8, 4) is 16.8 Å². The van der Waals surface area contributed by atoms with Crippen LogP contribution in [0.3, 0.4) is 0 Å². The van der Waals surface area contributed by atoms with E-state index < -0.39 is 0 Å². The van der Waals surface area contributed by atoms with Gasteiger partial charge in [0, 0.05) is 43.4 Å². The van der Waals surface area contributed by atoms with Gasteiger partial charge in [0.05, 0.1) is 16.7 Å². The second kappa shape index (κ2) is 12.4. The van der Waals surface area contributed by atoms with Crippen molar-refractivity contribution >= 4 is 77.4 Å². The molecular weight excluding hydrogens is 701 g/mol. The summed E-state index contributed by atoms with van der Waals surface area (Å²) >= 11 is 0. The summed E-state index contributed by atoms with van der Waals surface area (Å²) in [7, 11) is 0. The topological polar surface area (TPSA) is 68.0 Å². The van der Waals surface area contributed by atoms with E-state index >= 15 is 0 Å². The molecular formula is C51H32N4O2. The molecule has 0 fully saturated rings. The van der Waals surface area contributed by atoms with Crippen LogP contribution in [-0.2, 0) is 0 Å². The lowest BCUT2D eigenvalue weighted by atomic mass is 10.0. The molecule has 0 bridgehead atoms. The molecule has 8 aromatic carbocycles. The molecule has 0 spiro atoms. The van der Waals surface area contributed by atoms with Gasteiger partial charge < -0.3 is 18.7 Å². The van der Waals surface area contributed by atoms with Crippen molar-refractivity contribution in [1.29, 1.82) is 0 Å². The molecule has 1 aliphatic heterocycles. The largest absolute Gasteiger partial charge is 0.456 e. The summed E-state index contributed by atoms with van der Waals surface area (Å²) in [5, 5.41) is 10.3. The molecule has 6 nitrogen and oxygen atoms in total. The molecule has 0 saturated carbocycles. The van der Waals surface area contributed by atoms with E-state index in [0.717, 1.165) is 94.3 Å². The van der Waals surface area contributed by atoms with E-state index in [4.69, 9.17) is 18.8 Å². The number of nitrogens with one attached hydrogen (secondary N) is 1. The van der Waals surface area contributed by atoms with Crippen LogP contribution in [0, 0.1) is 0 Å².